The Morgan fingerprint density at radius 3 is 2.67 bits per heavy atom. The molecule has 130 valence electrons. The lowest BCUT2D eigenvalue weighted by molar-refractivity contribution is -0.149. The van der Waals surface area contributed by atoms with Gasteiger partial charge in [-0.25, -0.2) is 0 Å². The molecule has 2 atom stereocenters. The quantitative estimate of drug-likeness (QED) is 0.907. The molecule has 0 spiro atoms. The van der Waals surface area contributed by atoms with Crippen molar-refractivity contribution in [3.63, 3.8) is 0 Å². The SMILES string of the molecule is O=C(C1CCCC1)N1C[C@@H]2CN(Cc3ccsc3)C[C@]2(C(=O)O)C1. The topological polar surface area (TPSA) is 60.9 Å². The number of hydrogen-bond acceptors (Lipinski definition) is 4. The summed E-state index contributed by atoms with van der Waals surface area (Å²) < 4.78 is 0. The first-order valence-corrected chi connectivity index (χ1v) is 9.78. The van der Waals surface area contributed by atoms with Gasteiger partial charge in [0.15, 0.2) is 0 Å². The highest BCUT2D eigenvalue weighted by Crippen LogP contribution is 2.44. The first-order chi connectivity index (χ1) is 11.6. The molecule has 1 aromatic heterocycles. The fraction of sp³-hybridized carbons (Fsp3) is 0.667. The predicted molar refractivity (Wildman–Crippen MR) is 91.7 cm³/mol. The Hall–Kier alpha value is -1.40. The molecule has 1 saturated carbocycles. The lowest BCUT2D eigenvalue weighted by Gasteiger charge is -2.26. The van der Waals surface area contributed by atoms with Gasteiger partial charge < -0.3 is 10.0 Å². The number of rotatable bonds is 4. The van der Waals surface area contributed by atoms with E-state index in [2.05, 4.69) is 21.7 Å². The molecule has 1 aromatic rings. The van der Waals surface area contributed by atoms with Crippen molar-refractivity contribution in [2.24, 2.45) is 17.3 Å². The van der Waals surface area contributed by atoms with Gasteiger partial charge >= 0.3 is 5.97 Å². The fourth-order valence-electron chi connectivity index (χ4n) is 4.83. The zero-order chi connectivity index (χ0) is 16.7. The highest BCUT2D eigenvalue weighted by Gasteiger charge is 2.58. The summed E-state index contributed by atoms with van der Waals surface area (Å²) in [6.07, 6.45) is 4.22. The molecule has 1 N–H and O–H groups in total. The molecule has 3 heterocycles. The van der Waals surface area contributed by atoms with E-state index in [1.807, 2.05) is 4.90 Å². The third kappa shape index (κ3) is 2.65. The average Bonchev–Trinajstić information content (AvgIpc) is 3.30. The van der Waals surface area contributed by atoms with Gasteiger partial charge in [0.25, 0.3) is 0 Å². The Bertz CT molecular complexity index is 626. The number of hydrogen-bond donors (Lipinski definition) is 1. The lowest BCUT2D eigenvalue weighted by atomic mass is 9.81. The predicted octanol–water partition coefficient (Wildman–Crippen LogP) is 2.28. The van der Waals surface area contributed by atoms with E-state index in [1.54, 1.807) is 11.3 Å². The minimum atomic E-state index is -0.774. The number of likely N-dealkylation sites (tertiary alicyclic amines) is 2. The molecule has 6 heteroatoms. The number of nitrogens with zero attached hydrogens (tertiary/aromatic N) is 2. The van der Waals surface area contributed by atoms with Gasteiger partial charge in [-0.05, 0) is 35.2 Å². The highest BCUT2D eigenvalue weighted by molar-refractivity contribution is 7.07. The van der Waals surface area contributed by atoms with Crippen molar-refractivity contribution in [3.05, 3.63) is 22.4 Å². The maximum atomic E-state index is 12.7. The van der Waals surface area contributed by atoms with Gasteiger partial charge in [-0.3, -0.25) is 14.5 Å². The minimum absolute atomic E-state index is 0.0546. The van der Waals surface area contributed by atoms with Crippen LogP contribution in [-0.4, -0.2) is 53.0 Å². The molecule has 1 aliphatic carbocycles. The molecule has 0 bridgehead atoms. The maximum absolute atomic E-state index is 12.7. The van der Waals surface area contributed by atoms with Crippen molar-refractivity contribution < 1.29 is 14.7 Å². The Kier molecular flexibility index (Phi) is 4.12. The standard InChI is InChI=1S/C18H24N2O3S/c21-16(14-3-1-2-4-14)20-9-15-8-19(7-13-5-6-24-10-13)11-18(15,12-20)17(22)23/h5-6,10,14-15H,1-4,7-9,11-12H2,(H,22,23)/t15-,18-/m0/s1. The van der Waals surface area contributed by atoms with E-state index in [9.17, 15) is 14.7 Å². The third-order valence-electron chi connectivity index (χ3n) is 6.11. The summed E-state index contributed by atoms with van der Waals surface area (Å²) in [6, 6.07) is 2.10. The van der Waals surface area contributed by atoms with Crippen LogP contribution in [0.1, 0.15) is 31.2 Å². The molecule has 4 rings (SSSR count). The van der Waals surface area contributed by atoms with Crippen LogP contribution in [0.4, 0.5) is 0 Å². The monoisotopic (exact) mass is 348 g/mol. The number of carboxylic acid groups (broad SMARTS) is 1. The van der Waals surface area contributed by atoms with Crippen LogP contribution in [0, 0.1) is 17.3 Å². The molecule has 0 aromatic carbocycles. The number of carboxylic acids is 1. The van der Waals surface area contributed by atoms with Crippen LogP contribution in [0.3, 0.4) is 0 Å². The molecule has 3 aliphatic rings. The smallest absolute Gasteiger partial charge is 0.313 e. The lowest BCUT2D eigenvalue weighted by Crippen LogP contribution is -2.42. The molecule has 0 unspecified atom stereocenters. The van der Waals surface area contributed by atoms with E-state index >= 15 is 0 Å². The Morgan fingerprint density at radius 2 is 2.04 bits per heavy atom. The van der Waals surface area contributed by atoms with Crippen LogP contribution in [0.25, 0.3) is 0 Å². The first-order valence-electron chi connectivity index (χ1n) is 8.84. The molecule has 5 nitrogen and oxygen atoms in total. The van der Waals surface area contributed by atoms with Crippen LogP contribution in [0.2, 0.25) is 0 Å². The van der Waals surface area contributed by atoms with E-state index in [4.69, 9.17) is 0 Å². The summed E-state index contributed by atoms with van der Waals surface area (Å²) in [5.74, 6) is -0.343. The van der Waals surface area contributed by atoms with Crippen LogP contribution in [0.5, 0.6) is 0 Å². The second kappa shape index (κ2) is 6.15. The van der Waals surface area contributed by atoms with Crippen molar-refractivity contribution >= 4 is 23.2 Å². The van der Waals surface area contributed by atoms with E-state index in [1.165, 1.54) is 5.56 Å². The van der Waals surface area contributed by atoms with Gasteiger partial charge in [-0.15, -0.1) is 0 Å². The summed E-state index contributed by atoms with van der Waals surface area (Å²) >= 11 is 1.67. The third-order valence-corrected chi connectivity index (χ3v) is 6.84. The number of amides is 1. The summed E-state index contributed by atoms with van der Waals surface area (Å²) in [5.41, 5.74) is 0.476. The molecule has 1 amide bonds. The Balaban J connectivity index is 1.47. The molecule has 2 aliphatic heterocycles. The molecule has 24 heavy (non-hydrogen) atoms. The number of thiophene rings is 1. The zero-order valence-corrected chi connectivity index (χ0v) is 14.6. The minimum Gasteiger partial charge on any atom is -0.481 e. The maximum Gasteiger partial charge on any atom is 0.313 e. The van der Waals surface area contributed by atoms with Gasteiger partial charge in [0.1, 0.15) is 5.41 Å². The number of carbonyl (C=O) groups is 2. The van der Waals surface area contributed by atoms with Crippen LogP contribution in [0.15, 0.2) is 16.8 Å². The van der Waals surface area contributed by atoms with E-state index in [0.717, 1.165) is 38.8 Å². The summed E-state index contributed by atoms with van der Waals surface area (Å²) in [5, 5.41) is 14.1. The normalized spacial score (nSPS) is 30.8. The largest absolute Gasteiger partial charge is 0.481 e. The first kappa shape index (κ1) is 16.1. The van der Waals surface area contributed by atoms with Gasteiger partial charge in [0, 0.05) is 44.6 Å². The van der Waals surface area contributed by atoms with E-state index < -0.39 is 11.4 Å². The Morgan fingerprint density at radius 1 is 1.25 bits per heavy atom. The van der Waals surface area contributed by atoms with Crippen molar-refractivity contribution in [3.8, 4) is 0 Å². The molecule has 3 fully saturated rings. The second-order valence-electron chi connectivity index (χ2n) is 7.66. The van der Waals surface area contributed by atoms with Gasteiger partial charge in [0.05, 0.1) is 0 Å². The Labute approximate surface area is 146 Å². The second-order valence-corrected chi connectivity index (χ2v) is 8.44. The average molecular weight is 348 g/mol. The van der Waals surface area contributed by atoms with Crippen molar-refractivity contribution in [2.45, 2.75) is 32.2 Å². The summed E-state index contributed by atoms with van der Waals surface area (Å²) in [7, 11) is 0. The number of fused-ring (bicyclic) bond motifs is 1. The fourth-order valence-corrected chi connectivity index (χ4v) is 5.49. The molecular formula is C18H24N2O3S. The zero-order valence-electron chi connectivity index (χ0n) is 13.8. The molecular weight excluding hydrogens is 324 g/mol. The van der Waals surface area contributed by atoms with Crippen LogP contribution >= 0.6 is 11.3 Å². The molecule has 0 radical (unpaired) electrons. The van der Waals surface area contributed by atoms with Gasteiger partial charge in [-0.2, -0.15) is 11.3 Å². The van der Waals surface area contributed by atoms with Crippen LogP contribution < -0.4 is 0 Å². The van der Waals surface area contributed by atoms with E-state index in [-0.39, 0.29) is 17.7 Å². The van der Waals surface area contributed by atoms with E-state index in [0.29, 0.717) is 19.6 Å². The summed E-state index contributed by atoms with van der Waals surface area (Å²) in [6.45, 7) is 3.14. The number of aliphatic carboxylic acids is 1. The number of carbonyl (C=O) groups excluding carboxylic acids is 1. The van der Waals surface area contributed by atoms with Crippen molar-refractivity contribution in [1.82, 2.24) is 9.80 Å². The molecule has 2 saturated heterocycles. The van der Waals surface area contributed by atoms with Crippen LogP contribution in [-0.2, 0) is 16.1 Å². The van der Waals surface area contributed by atoms with Gasteiger partial charge in [-0.1, -0.05) is 12.8 Å². The van der Waals surface area contributed by atoms with Crippen molar-refractivity contribution in [2.75, 3.05) is 26.2 Å². The van der Waals surface area contributed by atoms with Gasteiger partial charge in [0.2, 0.25) is 5.91 Å². The summed E-state index contributed by atoms with van der Waals surface area (Å²) in [4.78, 5) is 28.9. The highest BCUT2D eigenvalue weighted by atomic mass is 32.1. The van der Waals surface area contributed by atoms with Crippen molar-refractivity contribution in [1.29, 1.82) is 0 Å².